The SMILES string of the molecule is CNC1CCCC(Sc2ccc(C(C)(C)C)cc2)C1. The van der Waals surface area contributed by atoms with Crippen molar-refractivity contribution in [1.82, 2.24) is 5.32 Å². The Kier molecular flexibility index (Phi) is 4.97. The predicted molar refractivity (Wildman–Crippen MR) is 86.1 cm³/mol. The van der Waals surface area contributed by atoms with E-state index in [1.165, 1.54) is 36.1 Å². The third-order valence-corrected chi connectivity index (χ3v) is 5.36. The van der Waals surface area contributed by atoms with Gasteiger partial charge in [0.15, 0.2) is 0 Å². The summed E-state index contributed by atoms with van der Waals surface area (Å²) in [5, 5.41) is 4.22. The van der Waals surface area contributed by atoms with Crippen LogP contribution in [0.2, 0.25) is 0 Å². The lowest BCUT2D eigenvalue weighted by atomic mass is 9.87. The van der Waals surface area contributed by atoms with Crippen LogP contribution in [0, 0.1) is 0 Å². The molecule has 2 unspecified atom stereocenters. The van der Waals surface area contributed by atoms with Gasteiger partial charge in [-0.3, -0.25) is 0 Å². The Morgan fingerprint density at radius 3 is 2.37 bits per heavy atom. The molecule has 1 nitrogen and oxygen atoms in total. The highest BCUT2D eigenvalue weighted by molar-refractivity contribution is 8.00. The van der Waals surface area contributed by atoms with Crippen LogP contribution in [0.15, 0.2) is 29.2 Å². The summed E-state index contributed by atoms with van der Waals surface area (Å²) in [6, 6.07) is 9.91. The van der Waals surface area contributed by atoms with Gasteiger partial charge >= 0.3 is 0 Å². The summed E-state index contributed by atoms with van der Waals surface area (Å²) >= 11 is 2.06. The van der Waals surface area contributed by atoms with E-state index in [4.69, 9.17) is 0 Å². The number of benzene rings is 1. The van der Waals surface area contributed by atoms with Crippen molar-refractivity contribution in [2.24, 2.45) is 0 Å². The van der Waals surface area contributed by atoms with E-state index in [0.717, 1.165) is 11.3 Å². The fraction of sp³-hybridized carbons (Fsp3) is 0.647. The minimum atomic E-state index is 0.255. The molecule has 0 radical (unpaired) electrons. The lowest BCUT2D eigenvalue weighted by Gasteiger charge is -2.28. The molecule has 2 atom stereocenters. The van der Waals surface area contributed by atoms with Crippen LogP contribution in [0.25, 0.3) is 0 Å². The topological polar surface area (TPSA) is 12.0 Å². The molecule has 19 heavy (non-hydrogen) atoms. The molecule has 1 fully saturated rings. The molecule has 0 saturated heterocycles. The molecular formula is C17H27NS. The lowest BCUT2D eigenvalue weighted by molar-refractivity contribution is 0.402. The number of rotatable bonds is 3. The summed E-state index contributed by atoms with van der Waals surface area (Å²) in [5.41, 5.74) is 1.68. The molecule has 1 aromatic rings. The Balaban J connectivity index is 1.96. The first-order valence-corrected chi connectivity index (χ1v) is 8.31. The number of nitrogens with one attached hydrogen (secondary N) is 1. The summed E-state index contributed by atoms with van der Waals surface area (Å²) in [7, 11) is 2.09. The van der Waals surface area contributed by atoms with Gasteiger partial charge in [-0.15, -0.1) is 11.8 Å². The lowest BCUT2D eigenvalue weighted by Crippen LogP contribution is -2.32. The smallest absolute Gasteiger partial charge is 0.0109 e. The van der Waals surface area contributed by atoms with Crippen molar-refractivity contribution in [2.75, 3.05) is 7.05 Å². The zero-order valence-corrected chi connectivity index (χ0v) is 13.5. The van der Waals surface area contributed by atoms with Crippen molar-refractivity contribution in [1.29, 1.82) is 0 Å². The van der Waals surface area contributed by atoms with Crippen LogP contribution in [0.3, 0.4) is 0 Å². The second kappa shape index (κ2) is 6.32. The summed E-state index contributed by atoms with van der Waals surface area (Å²) in [6.45, 7) is 6.81. The Bertz CT molecular complexity index is 391. The second-order valence-electron chi connectivity index (χ2n) is 6.67. The van der Waals surface area contributed by atoms with E-state index in [1.54, 1.807) is 0 Å². The van der Waals surface area contributed by atoms with Crippen LogP contribution in [0.4, 0.5) is 0 Å². The highest BCUT2D eigenvalue weighted by Gasteiger charge is 2.21. The van der Waals surface area contributed by atoms with Gasteiger partial charge in [-0.05, 0) is 49.4 Å². The monoisotopic (exact) mass is 277 g/mol. The molecule has 0 amide bonds. The standard InChI is InChI=1S/C17H27NS/c1-17(2,3)13-8-10-15(11-9-13)19-16-7-5-6-14(12-16)18-4/h8-11,14,16,18H,5-7,12H2,1-4H3. The zero-order valence-electron chi connectivity index (χ0n) is 12.7. The van der Waals surface area contributed by atoms with E-state index < -0.39 is 0 Å². The Hall–Kier alpha value is -0.470. The maximum atomic E-state index is 3.44. The Morgan fingerprint density at radius 2 is 1.79 bits per heavy atom. The van der Waals surface area contributed by atoms with Gasteiger partial charge in [0.05, 0.1) is 0 Å². The molecule has 0 bridgehead atoms. The summed E-state index contributed by atoms with van der Waals surface area (Å²) < 4.78 is 0. The summed E-state index contributed by atoms with van der Waals surface area (Å²) in [4.78, 5) is 1.43. The van der Waals surface area contributed by atoms with E-state index in [2.05, 4.69) is 69.2 Å². The molecule has 0 aliphatic heterocycles. The largest absolute Gasteiger partial charge is 0.317 e. The van der Waals surface area contributed by atoms with E-state index in [0.29, 0.717) is 0 Å². The third kappa shape index (κ3) is 4.25. The van der Waals surface area contributed by atoms with E-state index in [9.17, 15) is 0 Å². The fourth-order valence-electron chi connectivity index (χ4n) is 2.74. The first-order valence-electron chi connectivity index (χ1n) is 7.43. The van der Waals surface area contributed by atoms with Gasteiger partial charge in [0, 0.05) is 16.2 Å². The molecule has 1 aromatic carbocycles. The highest BCUT2D eigenvalue weighted by Crippen LogP contribution is 2.34. The minimum Gasteiger partial charge on any atom is -0.317 e. The third-order valence-electron chi connectivity index (χ3n) is 4.06. The molecular weight excluding hydrogens is 250 g/mol. The maximum absolute atomic E-state index is 3.44. The first-order chi connectivity index (χ1) is 8.99. The van der Waals surface area contributed by atoms with Gasteiger partial charge in [-0.25, -0.2) is 0 Å². The number of hydrogen-bond donors (Lipinski definition) is 1. The first kappa shape index (κ1) is 14.9. The van der Waals surface area contributed by atoms with Crippen LogP contribution in [0.1, 0.15) is 52.0 Å². The number of hydrogen-bond acceptors (Lipinski definition) is 2. The minimum absolute atomic E-state index is 0.255. The van der Waals surface area contributed by atoms with Crippen molar-refractivity contribution >= 4 is 11.8 Å². The van der Waals surface area contributed by atoms with Crippen LogP contribution in [-0.2, 0) is 5.41 Å². The molecule has 1 aliphatic rings. The zero-order chi connectivity index (χ0) is 13.9. The van der Waals surface area contributed by atoms with Crippen molar-refractivity contribution in [3.05, 3.63) is 29.8 Å². The van der Waals surface area contributed by atoms with E-state index in [-0.39, 0.29) is 5.41 Å². The number of thioether (sulfide) groups is 1. The summed E-state index contributed by atoms with van der Waals surface area (Å²) in [6.07, 6.45) is 5.38. The van der Waals surface area contributed by atoms with E-state index in [1.807, 2.05) is 0 Å². The average Bonchev–Trinajstić information content (AvgIpc) is 2.38. The molecule has 1 N–H and O–H groups in total. The molecule has 1 aliphatic carbocycles. The van der Waals surface area contributed by atoms with Gasteiger partial charge in [-0.2, -0.15) is 0 Å². The predicted octanol–water partition coefficient (Wildman–Crippen LogP) is 4.61. The van der Waals surface area contributed by atoms with Gasteiger partial charge in [-0.1, -0.05) is 39.3 Å². The van der Waals surface area contributed by atoms with Crippen molar-refractivity contribution < 1.29 is 0 Å². The van der Waals surface area contributed by atoms with Crippen molar-refractivity contribution in [3.8, 4) is 0 Å². The average molecular weight is 277 g/mol. The van der Waals surface area contributed by atoms with Crippen LogP contribution < -0.4 is 5.32 Å². The van der Waals surface area contributed by atoms with Gasteiger partial charge in [0.2, 0.25) is 0 Å². The van der Waals surface area contributed by atoms with E-state index >= 15 is 0 Å². The van der Waals surface area contributed by atoms with Crippen LogP contribution >= 0.6 is 11.8 Å². The molecule has 2 rings (SSSR count). The van der Waals surface area contributed by atoms with Gasteiger partial charge in [0.25, 0.3) is 0 Å². The quantitative estimate of drug-likeness (QED) is 0.866. The highest BCUT2D eigenvalue weighted by atomic mass is 32.2. The Morgan fingerprint density at radius 1 is 1.11 bits per heavy atom. The molecule has 1 saturated carbocycles. The molecule has 0 spiro atoms. The van der Waals surface area contributed by atoms with Crippen LogP contribution in [0.5, 0.6) is 0 Å². The maximum Gasteiger partial charge on any atom is 0.0109 e. The fourth-order valence-corrected chi connectivity index (χ4v) is 4.03. The normalized spacial score (nSPS) is 24.4. The van der Waals surface area contributed by atoms with Crippen LogP contribution in [-0.4, -0.2) is 18.3 Å². The molecule has 0 heterocycles. The van der Waals surface area contributed by atoms with Crippen molar-refractivity contribution in [3.63, 3.8) is 0 Å². The Labute approximate surface area is 122 Å². The second-order valence-corrected chi connectivity index (χ2v) is 8.04. The molecule has 2 heteroatoms. The van der Waals surface area contributed by atoms with Crippen molar-refractivity contribution in [2.45, 2.75) is 68.1 Å². The van der Waals surface area contributed by atoms with Gasteiger partial charge < -0.3 is 5.32 Å². The van der Waals surface area contributed by atoms with Gasteiger partial charge in [0.1, 0.15) is 0 Å². The molecule has 106 valence electrons. The summed E-state index contributed by atoms with van der Waals surface area (Å²) in [5.74, 6) is 0. The molecule has 0 aromatic heterocycles.